The molecule has 1 aliphatic rings. The van der Waals surface area contributed by atoms with Gasteiger partial charge in [0.15, 0.2) is 0 Å². The number of likely N-dealkylation sites (tertiary alicyclic amines) is 1. The number of hydrogen-bond acceptors (Lipinski definition) is 3. The Morgan fingerprint density at radius 3 is 2.26 bits per heavy atom. The number of nitrogens with one attached hydrogen (secondary N) is 1. The number of benzene rings is 3. The summed E-state index contributed by atoms with van der Waals surface area (Å²) in [7, 11) is 1.88. The van der Waals surface area contributed by atoms with Gasteiger partial charge in [0.1, 0.15) is 0 Å². The van der Waals surface area contributed by atoms with Crippen LogP contribution in [0.2, 0.25) is 10.0 Å². The minimum Gasteiger partial charge on any atom is -0.346 e. The average Bonchev–Trinajstić information content (AvgIpc) is 3.33. The van der Waals surface area contributed by atoms with Crippen molar-refractivity contribution in [3.63, 3.8) is 0 Å². The molecule has 3 aromatic rings. The highest BCUT2D eigenvalue weighted by atomic mass is 35.5. The summed E-state index contributed by atoms with van der Waals surface area (Å²) in [5.74, 6) is -0.227. The fraction of sp³-hybridized carbons (Fsp3) is 0.535. The van der Waals surface area contributed by atoms with Gasteiger partial charge in [-0.15, -0.1) is 0 Å². The predicted molar refractivity (Wildman–Crippen MR) is 638 cm³/mol. The van der Waals surface area contributed by atoms with Crippen LogP contribution in [0.4, 0.5) is 0 Å². The second-order valence-electron chi connectivity index (χ2n) is 15.7. The molecule has 1 saturated heterocycles. The maximum absolute atomic E-state index is 14.3. The van der Waals surface area contributed by atoms with Crippen LogP contribution in [-0.4, -0.2) is 53.3 Å². The fourth-order valence-electron chi connectivity index (χ4n) is 8.57. The van der Waals surface area contributed by atoms with Gasteiger partial charge in [-0.3, -0.25) is 14.5 Å². The quantitative estimate of drug-likeness (QED) is 0.232. The van der Waals surface area contributed by atoms with E-state index in [-0.39, 0.29) is 330 Å². The van der Waals surface area contributed by atoms with E-state index < -0.39 is 5.54 Å². The smallest absolute Gasteiger partial charge is 0.254 e. The van der Waals surface area contributed by atoms with Gasteiger partial charge >= 0.3 is 0 Å². The number of nitrogens with zero attached hydrogens (tertiary/aromatic N) is 2. The monoisotopic (exact) mass is 1140 g/mol. The third kappa shape index (κ3) is 7.12. The molecule has 5 nitrogen and oxygen atoms in total. The Labute approximate surface area is 624 Å². The van der Waals surface area contributed by atoms with E-state index in [0.717, 1.165) is 52.9 Å². The number of carbonyl (C=O) groups excluding carboxylic acids is 2. The number of amides is 2. The average molecular weight is 1140 g/mol. The molecule has 2 amide bonds. The first kappa shape index (κ1) is 29.7. The molecule has 0 aliphatic carbocycles. The van der Waals surface area contributed by atoms with Crippen molar-refractivity contribution in [2.75, 3.05) is 20.1 Å². The number of carbonyl (C=O) groups is 2. The highest BCUT2D eigenvalue weighted by Crippen LogP contribution is 2.48. The van der Waals surface area contributed by atoms with E-state index >= 15 is 0 Å². The third-order valence-electron chi connectivity index (χ3n) is 12.8. The Morgan fingerprint density at radius 2 is 1.64 bits per heavy atom. The molecule has 1 fully saturated rings. The van der Waals surface area contributed by atoms with Gasteiger partial charge in [-0.2, -0.15) is 0 Å². The summed E-state index contributed by atoms with van der Waals surface area (Å²) in [6, 6.07) is 10.3. The predicted octanol–water partition coefficient (Wildman–Crippen LogP) is 59.9. The topological polar surface area (TPSA) is 52.7 Å². The number of hydrogen-bond donors (Lipinski definition) is 1. The van der Waals surface area contributed by atoms with E-state index in [1.807, 2.05) is 44.9 Å². The number of likely N-dealkylation sites (N-methyl/N-ethyl adjacent to an activating group) is 1. The van der Waals surface area contributed by atoms with Crippen molar-refractivity contribution in [3.8, 4) is 0 Å². The van der Waals surface area contributed by atoms with E-state index in [0.29, 0.717) is 10.6 Å². The maximum atomic E-state index is 14.3. The molecule has 4 rings (SSSR count). The summed E-state index contributed by atoms with van der Waals surface area (Å²) in [4.78, 5) is 31.5. The molecule has 676 valence electrons. The number of rotatable bonds is 9. The van der Waals surface area contributed by atoms with E-state index in [2.05, 4.69) is 90.7 Å². The number of halogens is 2. The second-order valence-corrected chi connectivity index (χ2v) is 16.5. The Morgan fingerprint density at radius 1 is 1.02 bits per heavy atom. The van der Waals surface area contributed by atoms with Gasteiger partial charge in [-0.25, -0.2) is 0 Å². The normalized spacial score (nSPS) is 22.4. The standard InChI is InChI=1S/C43H59Cl2N3O2.202H2/c1-24-16-15-17-37(28(24)5)43(46-34(11)49)20-21-48(42(12,13)33(43)10)23-26(3)39(36-22-38(44)40(45)31(8)30(36)7)32(9)47(14)41(50)35-19-18-25(2)27(4)29(35)6;;;;;;;;;;;;;;;;;;;;;;;;;;;;;;;;;;;;;;;;;;;;;;;;;;;;;;;;;;;;;;;;;;;;;;;;;;;;;;;;;;;;;;;;;;;;;;;;;;;;;;;;;;;;;;;;;;;;;;;;;;;;;;;;;;;;;;;;;;;;;;;;;;;;;;;;;;;;;;;;;;;;;;;;;;;;;;;;;;;;;;;;;;;;;;;;;;;;;;;;;;/h15-19,22,26,32-33,39H,20-21,23H2,1-14H3,(H,46,49);202*1H/t26?,32?,33?,39-,43?;;;;;;;;;;;;;;;;;;;;;;;;;;;;;;;;;;;;;;;;;;;;;;;;;;;;;;;;;;;;;;;;;;;;;;;;;;;;;;;;;;;;;;;;;;;;;;;;;;;;;;;;;;;;;;;;;;;;;;;;;;;;;;;;;;;;;;;;;;;;;;;;;;;;;;;;;;;;;;;;;;;;;;;;;;;;;;;;;;;;;;;;;;;;;;;;;;;;;;;;;;/m1........................................................................................................................................................................................................../s1/i22D;7*1+1D;;;;;;;;;;;;;;;;;;;;;;;;;;;;;;;;;;;;;;;;;;;;;;;;;;;;;;;;;;;;;;;;;;;;;;;;;;;;;;;;;;;;;;;;;;;;;;;;;;;;;;;;;;;;;;;;;;;;;;;;;;;;;;;;;;;;;;;;;;;;;;;;;;;;;;;;;;;;;;;;;;;;;;;;;;;;;;;;;;;;;;;;;;;;;;;;;;;. The minimum atomic E-state index is -0.527. The van der Waals surface area contributed by atoms with Crippen LogP contribution in [0.3, 0.4) is 0 Å². The molecule has 7 heteroatoms. The molecule has 0 bridgehead atoms. The van der Waals surface area contributed by atoms with Crippen LogP contribution in [0.5, 0.6) is 0 Å². The van der Waals surface area contributed by atoms with Crippen LogP contribution >= 0.6 is 23.2 Å². The van der Waals surface area contributed by atoms with Gasteiger partial charge in [0, 0.05) is 355 Å². The molecular weight excluding hydrogens is 661 g/mol. The molecule has 1 heterocycles. The van der Waals surface area contributed by atoms with Gasteiger partial charge in [0.05, 0.1) is 17.0 Å². The molecule has 1 N–H and O–H groups in total. The van der Waals surface area contributed by atoms with Crippen LogP contribution in [0, 0.1) is 60.3 Å². The summed E-state index contributed by atoms with van der Waals surface area (Å²) in [5, 5.41) is 4.11. The van der Waals surface area contributed by atoms with Crippen molar-refractivity contribution >= 4 is 35.0 Å². The highest BCUT2D eigenvalue weighted by Gasteiger charge is 2.53. The molecular formula is C43H463Cl2N3O2. The van der Waals surface area contributed by atoms with E-state index in [1.165, 1.54) is 16.7 Å². The lowest BCUT2D eigenvalue weighted by Gasteiger charge is -2.58. The minimum absolute atomic E-state index is 0. The lowest BCUT2D eigenvalue weighted by molar-refractivity contribution is -0.125. The molecule has 0 radical (unpaired) electrons. The van der Waals surface area contributed by atoms with Crippen molar-refractivity contribution in [3.05, 3.63) is 102 Å². The van der Waals surface area contributed by atoms with E-state index in [9.17, 15) is 11.0 Å². The summed E-state index contributed by atoms with van der Waals surface area (Å²) in [5.41, 5.74) is 9.35. The van der Waals surface area contributed by atoms with Gasteiger partial charge in [-0.1, -0.05) is 61.3 Å². The van der Waals surface area contributed by atoms with Crippen molar-refractivity contribution in [2.45, 2.75) is 119 Å². The molecule has 0 saturated carbocycles. The van der Waals surface area contributed by atoms with Crippen LogP contribution in [0.25, 0.3) is 0 Å². The summed E-state index contributed by atoms with van der Waals surface area (Å²) < 4.78 is 79.3. The Kier molecular flexibility index (Phi) is 8.91. The first-order chi connectivity index (χ1) is 30.6. The SMILES string of the molecule is [2H][2H].[2H][2H].[2H][2H].[2H][2H].[2H][2H].[2H][2H].[2H][2H].[2H]c1c(Cl)c(Cl)c(C)c(C)c1[C@H](C(C)CN1CCC(NC(C)=O)(c2cccc(C)c2C)C(C)C1(C)C)C(C)N(C)C(=O)c1ccc(C)c(C)c1C.[HH].[HH].[HH].[HH].[HH].[HH].[HH].[HH].[HH].[HH].[HH].[HH].[HH].[HH].[HH].[HH].[HH].[HH].[HH].[HH].[HH].[HH].[HH].[HH].[HH].[HH].[HH].[HH].[HH].[HH].[HH].[HH].[HH].[HH].[HH].[HH].[HH].[HH].[HH].[HH].[HH].[HH].[HH].[HH].[HH].[HH].[HH].[HH].[HH].[HH].[HH].[HH].[HH].[HH].[HH].[HH].[HH].[HH].[HH].[HH].[HH].[HH].[HH].[HH].[HH].[HH].[HH].[HH].[HH].[HH].[HH].[HH].[HH].[HH].[HH].[HH].[HH].[HH].[HH].[HH].[HH].[HH].[HH].[HH].[HH].[HH].[HH].[HH].[HH].[HH].[HH].[HH].[HH].[HH].[HH].[HH].[HH].[HH].[HH].[HH].[HH].[HH].[HH].[HH].[HH].[HH].[HH].[HH].[HH].[HH].[HH].[HH].[HH].[HH].[HH].[HH].[HH].[HH].[HH].[HH].[HH].[HH].[HH].[HH].[HH].[HH].[HH].[HH].[HH].[HH].[HH].[HH].[HH].[HH].[HH].[HH].[HH].[HH].[HH].[HH].[HH].[HH].[HH].[HH].[HH].[HH].[HH].[HH].[HH].[HH].[HH].[HH].[HH].[HH].[HH].[HH].[HH].[HH].[HH].[HH].[HH].[HH].[HH].[HH].[HH].[HH].[HH].[HH].[HH].[HH].[HH].[HH].[HH].[HH].[HH].[HH].[HH].[HH].[HH].[HH].[HH].[HH].[HH].[HH].[HH].[HH].[HH].[HH].[HH].[HH].[HH].[HH].[HH].[HH].[HH]. The van der Waals surface area contributed by atoms with Crippen molar-refractivity contribution in [1.82, 2.24) is 15.1 Å². The molecule has 0 aromatic heterocycles. The zero-order valence-corrected chi connectivity index (χ0v) is 34.3. The van der Waals surface area contributed by atoms with Crippen LogP contribution < -0.4 is 5.32 Å². The molecule has 3 aromatic carbocycles. The molecule has 1 aliphatic heterocycles. The number of piperidine rings is 1. The van der Waals surface area contributed by atoms with Crippen molar-refractivity contribution in [1.29, 1.82) is 0 Å². The lowest BCUT2D eigenvalue weighted by atomic mass is 9.63. The first-order valence-corrected chi connectivity index (χ1v) is 18.8. The third-order valence-corrected chi connectivity index (χ3v) is 13.7. The summed E-state index contributed by atoms with van der Waals surface area (Å²) in [6.45, 7) is 28.7. The summed E-state index contributed by atoms with van der Waals surface area (Å²) >= 11 is 13.4. The van der Waals surface area contributed by atoms with Gasteiger partial charge < -0.3 is 10.2 Å². The largest absolute Gasteiger partial charge is 0.346 e. The van der Waals surface area contributed by atoms with Gasteiger partial charge in [0.25, 0.3) is 5.91 Å². The first-order valence-electron chi connectivity index (χ1n) is 25.5. The van der Waals surface area contributed by atoms with Crippen LogP contribution in [0.15, 0.2) is 36.4 Å². The van der Waals surface area contributed by atoms with Crippen molar-refractivity contribution < 1.29 is 310 Å². The van der Waals surface area contributed by atoms with Crippen LogP contribution in [0.1, 0.15) is 415 Å². The number of aryl methyl sites for hydroxylation is 2. The zero-order valence-electron chi connectivity index (χ0n) is 47.8. The highest BCUT2D eigenvalue weighted by molar-refractivity contribution is 6.42. The lowest BCUT2D eigenvalue weighted by Crippen LogP contribution is -2.67. The van der Waals surface area contributed by atoms with E-state index in [4.69, 9.17) is 44.0 Å². The molecule has 0 spiro atoms. The van der Waals surface area contributed by atoms with Gasteiger partial charge in [0.2, 0.25) is 5.91 Å². The summed E-state index contributed by atoms with van der Waals surface area (Å²) in [6.07, 6.45) is 0.757. The van der Waals surface area contributed by atoms with Crippen molar-refractivity contribution in [2.24, 2.45) is 11.8 Å². The maximum Gasteiger partial charge on any atom is 0.254 e. The molecule has 5 atom stereocenters. The van der Waals surface area contributed by atoms with E-state index in [1.54, 1.807) is 6.92 Å². The molecule has 4 unspecified atom stereocenters. The fourth-order valence-corrected chi connectivity index (χ4v) is 9.00. The second kappa shape index (κ2) is 15.0. The Hall–Kier alpha value is -2.86. The Bertz CT molecular complexity index is 1990. The van der Waals surface area contributed by atoms with Gasteiger partial charge in [-0.05, 0) is 144 Å². The zero-order chi connectivity index (χ0) is 52.5. The Balaban J connectivity index is -0.000000000884. The van der Waals surface area contributed by atoms with Crippen LogP contribution in [-0.2, 0) is 10.3 Å². The molecule has 50 heavy (non-hydrogen) atoms.